The number of carbonyl (C=O) groups excluding carboxylic acids is 2. The molecule has 3 heterocycles. The van der Waals surface area contributed by atoms with Crippen molar-refractivity contribution in [3.8, 4) is 33.8 Å². The number of rotatable bonds is 28. The van der Waals surface area contributed by atoms with E-state index in [4.69, 9.17) is 109 Å². The van der Waals surface area contributed by atoms with Gasteiger partial charge in [-0.1, -0.05) is 213 Å². The molecule has 482 valence electrons. The van der Waals surface area contributed by atoms with E-state index in [0.717, 1.165) is 69.7 Å². The minimum atomic E-state index is -0.846. The number of aliphatic hydroxyl groups is 1. The van der Waals surface area contributed by atoms with Crippen molar-refractivity contribution < 1.29 is 67.9 Å². The van der Waals surface area contributed by atoms with Crippen LogP contribution in [0.1, 0.15) is 64.4 Å². The molecular weight excluding hydrogens is 1350 g/mol. The minimum Gasteiger partial charge on any atom is -0.870 e. The molecule has 0 amide bonds. The largest absolute Gasteiger partial charge is 1.00 e. The van der Waals surface area contributed by atoms with Crippen molar-refractivity contribution in [1.29, 1.82) is 0 Å². The van der Waals surface area contributed by atoms with Gasteiger partial charge in [0.1, 0.15) is 0 Å². The molecule has 0 saturated carbocycles. The number of thiazole rings is 3. The van der Waals surface area contributed by atoms with E-state index >= 15 is 0 Å². The molecule has 3 aromatic heterocycles. The van der Waals surface area contributed by atoms with Crippen LogP contribution in [0, 0.1) is 0 Å². The number of aliphatic carboxylic acids is 1. The zero-order chi connectivity index (χ0) is 64.5. The summed E-state index contributed by atoms with van der Waals surface area (Å²) in [6, 6.07) is 46.1. The molecule has 0 aliphatic rings. The Labute approximate surface area is 590 Å². The number of benzene rings is 6. The van der Waals surface area contributed by atoms with Crippen LogP contribution in [0.25, 0.3) is 33.8 Å². The molecule has 0 atom stereocenters. The van der Waals surface area contributed by atoms with Crippen molar-refractivity contribution in [2.45, 2.75) is 72.6 Å². The number of esters is 2. The fourth-order valence-corrected chi connectivity index (χ4v) is 12.9. The summed E-state index contributed by atoms with van der Waals surface area (Å²) >= 11 is 41.2. The third-order valence-corrected chi connectivity index (χ3v) is 18.7. The summed E-state index contributed by atoms with van der Waals surface area (Å²) in [7, 11) is 3.28. The standard InChI is InChI=1S/C23H24Cl2N2O3S.C22H22Cl2N2O3S.C21H20Cl2N2O3S.Li.H2O/c1-3-30-21(28)11-12-27(14-16-7-5-4-6-8-16)23-26-22(20(31-23)15-29-2)17-9-10-18(24)19(25)13-17;1-2-29-20(28)10-11-26(13-15-6-4-3-5-7-15)22-25-21(19(14-27)30-22)16-8-9-17(23)18(24)12-16;1-28-13-18-20(15-7-8-16(22)17(23)11-15)24-21(29-18)25(10-9-19(26)27)12-14-5-3-2-4-6-14;;/h4-10,13H,3,11-12,14-15H2,1-2H3;3-9,12,27H,2,10-11,13-14H2,1H3;2-8,11H,9-10,12-13H2,1H3,(H,26,27);;1H2/q;;;+1;/p-1. The van der Waals surface area contributed by atoms with Crippen molar-refractivity contribution in [1.82, 2.24) is 15.0 Å². The summed E-state index contributed by atoms with van der Waals surface area (Å²) in [6.45, 7) is 8.05. The molecule has 0 radical (unpaired) electrons. The number of nitrogens with zero attached hydrogens (tertiary/aromatic N) is 6. The first-order valence-electron chi connectivity index (χ1n) is 28.3. The molecule has 0 unspecified atom stereocenters. The Balaban J connectivity index is 0.000000248. The first kappa shape index (κ1) is 76.9. The Bertz CT molecular complexity index is 3760. The van der Waals surface area contributed by atoms with Gasteiger partial charge in [-0.25, -0.2) is 15.0 Å². The maximum atomic E-state index is 12.0. The van der Waals surface area contributed by atoms with E-state index in [0.29, 0.717) is 107 Å². The number of aromatic nitrogens is 3. The summed E-state index contributed by atoms with van der Waals surface area (Å²) in [5.74, 6) is -1.32. The molecule has 0 fully saturated rings. The Morgan fingerprint density at radius 1 is 0.457 bits per heavy atom. The Morgan fingerprint density at radius 3 is 1.04 bits per heavy atom. The SMILES string of the molecule is CCOC(=O)CCN(Cc1ccccc1)c1nc(-c2ccc(Cl)c(Cl)c2)c(CO)s1.CCOC(=O)CCN(Cc1ccccc1)c1nc(-c2ccc(Cl)c(Cl)c2)c(COC)s1.COCc1sc(N(CCC(=O)O)Cc2ccccc2)nc1-c1ccc(Cl)c(Cl)c1.[Li+].[OH-]. The maximum absolute atomic E-state index is 12.0. The van der Waals surface area contributed by atoms with Gasteiger partial charge in [0.05, 0.1) is 114 Å². The summed E-state index contributed by atoms with van der Waals surface area (Å²) in [5.41, 5.74) is 8.02. The van der Waals surface area contributed by atoms with E-state index in [2.05, 4.69) is 17.0 Å². The molecular formula is C66H67Cl6LiN6O10S3. The van der Waals surface area contributed by atoms with E-state index < -0.39 is 5.97 Å². The molecule has 26 heteroatoms. The Hall–Kier alpha value is -5.80. The number of halogens is 6. The van der Waals surface area contributed by atoms with Crippen LogP contribution in [0.2, 0.25) is 30.1 Å². The van der Waals surface area contributed by atoms with Gasteiger partial charge in [0.15, 0.2) is 15.4 Å². The van der Waals surface area contributed by atoms with Gasteiger partial charge >= 0.3 is 36.8 Å². The van der Waals surface area contributed by atoms with Crippen LogP contribution in [-0.4, -0.2) is 95.6 Å². The quantitative estimate of drug-likeness (QED) is 0.0345. The summed E-state index contributed by atoms with van der Waals surface area (Å²) < 4.78 is 20.9. The first-order valence-corrected chi connectivity index (χ1v) is 33.1. The van der Waals surface area contributed by atoms with E-state index in [-0.39, 0.29) is 62.1 Å². The van der Waals surface area contributed by atoms with Gasteiger partial charge in [-0.2, -0.15) is 0 Å². The Kier molecular flexibility index (Phi) is 33.3. The zero-order valence-corrected chi connectivity index (χ0v) is 58.1. The second-order valence-corrected chi connectivity index (χ2v) is 25.3. The van der Waals surface area contributed by atoms with E-state index in [1.54, 1.807) is 69.7 Å². The number of carboxylic acid groups (broad SMARTS) is 1. The molecule has 92 heavy (non-hydrogen) atoms. The van der Waals surface area contributed by atoms with Crippen molar-refractivity contribution in [2.24, 2.45) is 0 Å². The molecule has 3 N–H and O–H groups in total. The fourth-order valence-electron chi connectivity index (χ4n) is 8.88. The van der Waals surface area contributed by atoms with E-state index in [1.807, 2.05) is 113 Å². The zero-order valence-electron chi connectivity index (χ0n) is 51.1. The van der Waals surface area contributed by atoms with Gasteiger partial charge < -0.3 is 49.3 Å². The molecule has 0 bridgehead atoms. The maximum Gasteiger partial charge on any atom is 1.00 e. The van der Waals surface area contributed by atoms with Crippen LogP contribution < -0.4 is 33.6 Å². The molecule has 0 spiro atoms. The predicted octanol–water partition coefficient (Wildman–Crippen LogP) is 14.4. The van der Waals surface area contributed by atoms with Crippen LogP contribution in [0.5, 0.6) is 0 Å². The third-order valence-electron chi connectivity index (χ3n) is 13.2. The molecule has 0 aliphatic carbocycles. The normalized spacial score (nSPS) is 10.6. The molecule has 0 saturated heterocycles. The van der Waals surface area contributed by atoms with Gasteiger partial charge in [-0.15, -0.1) is 0 Å². The Morgan fingerprint density at radius 2 is 0.761 bits per heavy atom. The number of hydrogen-bond acceptors (Lipinski definition) is 18. The van der Waals surface area contributed by atoms with Crippen LogP contribution in [0.4, 0.5) is 15.4 Å². The van der Waals surface area contributed by atoms with Gasteiger partial charge in [0.25, 0.3) is 0 Å². The second kappa shape index (κ2) is 39.8. The van der Waals surface area contributed by atoms with Gasteiger partial charge in [-0.3, -0.25) is 14.4 Å². The van der Waals surface area contributed by atoms with Crippen LogP contribution in [-0.2, 0) is 72.8 Å². The topological polar surface area (TPSA) is 207 Å². The van der Waals surface area contributed by atoms with Gasteiger partial charge in [-0.05, 0) is 66.9 Å². The number of hydrogen-bond donors (Lipinski definition) is 2. The average Bonchev–Trinajstić information content (AvgIpc) is 1.93. The van der Waals surface area contributed by atoms with E-state index in [9.17, 15) is 19.5 Å². The van der Waals surface area contributed by atoms with Crippen molar-refractivity contribution in [2.75, 3.05) is 61.8 Å². The van der Waals surface area contributed by atoms with Crippen LogP contribution in [0.3, 0.4) is 0 Å². The monoisotopic (exact) mass is 1420 g/mol. The number of carbonyl (C=O) groups is 3. The molecule has 16 nitrogen and oxygen atoms in total. The van der Waals surface area contributed by atoms with Crippen molar-refractivity contribution >= 4 is 137 Å². The van der Waals surface area contributed by atoms with Crippen LogP contribution in [0.15, 0.2) is 146 Å². The second-order valence-electron chi connectivity index (χ2n) is 19.7. The predicted molar refractivity (Wildman–Crippen MR) is 369 cm³/mol. The number of anilines is 3. The molecule has 9 aromatic rings. The smallest absolute Gasteiger partial charge is 0.870 e. The third kappa shape index (κ3) is 23.3. The van der Waals surface area contributed by atoms with Crippen molar-refractivity contribution in [3.63, 3.8) is 0 Å². The number of methoxy groups -OCH3 is 2. The summed E-state index contributed by atoms with van der Waals surface area (Å²) in [5, 5.41) is 24.1. The van der Waals surface area contributed by atoms with Gasteiger partial charge in [0.2, 0.25) is 0 Å². The molecule has 0 aliphatic heterocycles. The number of aliphatic hydroxyl groups excluding tert-OH is 1. The van der Waals surface area contributed by atoms with Gasteiger partial charge in [0, 0.05) is 70.2 Å². The van der Waals surface area contributed by atoms with Crippen molar-refractivity contribution in [3.05, 3.63) is 207 Å². The number of ether oxygens (including phenoxy) is 4. The minimum absolute atomic E-state index is 0. The first-order chi connectivity index (χ1) is 43.5. The summed E-state index contributed by atoms with van der Waals surface area (Å²) in [6.07, 6.45) is 0.549. The van der Waals surface area contributed by atoms with Crippen LogP contribution >= 0.6 is 104 Å². The fraction of sp³-hybridized carbons (Fsp3) is 0.273. The molecule has 6 aromatic carbocycles. The average molecular weight is 1420 g/mol. The van der Waals surface area contributed by atoms with E-state index in [1.165, 1.54) is 22.7 Å². The number of carboxylic acids is 1. The summed E-state index contributed by atoms with van der Waals surface area (Å²) in [4.78, 5) is 58.3. The molecule has 9 rings (SSSR count).